The first kappa shape index (κ1) is 11.0. The van der Waals surface area contributed by atoms with E-state index in [0.29, 0.717) is 16.9 Å². The van der Waals surface area contributed by atoms with Crippen LogP contribution in [0.2, 0.25) is 0 Å². The van der Waals surface area contributed by atoms with Crippen LogP contribution in [0, 0.1) is 0 Å². The van der Waals surface area contributed by atoms with Gasteiger partial charge in [0.05, 0.1) is 10.8 Å². The lowest BCUT2D eigenvalue weighted by atomic mass is 10.3. The van der Waals surface area contributed by atoms with E-state index >= 15 is 0 Å². The topological polar surface area (TPSA) is 146 Å². The van der Waals surface area contributed by atoms with Crippen LogP contribution in [0.25, 0.3) is 22.7 Å². The van der Waals surface area contributed by atoms with Crippen LogP contribution in [0.5, 0.6) is 0 Å². The van der Waals surface area contributed by atoms with Crippen LogP contribution in [0.1, 0.15) is 0 Å². The lowest BCUT2D eigenvalue weighted by Gasteiger charge is -2.04. The molecule has 2 aromatic heterocycles. The van der Waals surface area contributed by atoms with Gasteiger partial charge in [0.2, 0.25) is 5.82 Å². The molecule has 0 radical (unpaired) electrons. The zero-order chi connectivity index (χ0) is 12.8. The molecule has 0 amide bonds. The van der Waals surface area contributed by atoms with Crippen LogP contribution >= 0.6 is 7.52 Å². The van der Waals surface area contributed by atoms with Crippen LogP contribution in [-0.2, 0) is 4.57 Å². The van der Waals surface area contributed by atoms with E-state index in [1.807, 2.05) is 0 Å². The normalized spacial score (nSPS) is 14.8. The first-order valence-corrected chi connectivity index (χ1v) is 6.63. The molecule has 0 saturated carbocycles. The third kappa shape index (κ3) is 1.70. The maximum atomic E-state index is 11.6. The third-order valence-electron chi connectivity index (χ3n) is 2.39. The summed E-state index contributed by atoms with van der Waals surface area (Å²) in [6.45, 7) is 0. The van der Waals surface area contributed by atoms with Crippen molar-refractivity contribution in [3.05, 3.63) is 18.2 Å². The van der Waals surface area contributed by atoms with Gasteiger partial charge in [-0.05, 0) is 17.3 Å². The summed E-state index contributed by atoms with van der Waals surface area (Å²) in [7, 11) is -3.87. The Balaban J connectivity index is 2.27. The number of aromatic nitrogens is 6. The van der Waals surface area contributed by atoms with E-state index in [2.05, 4.69) is 30.6 Å². The molecule has 5 N–H and O–H groups in total. The van der Waals surface area contributed by atoms with Crippen LogP contribution < -0.4 is 10.8 Å². The standard InChI is InChI=1S/C8H8N7O2P/c9-18(16,17)5-3-1-2-4-6(5)11-7(10-4)8-12-14-15-13-8/h1-3H,(H,10,11)(H3,9,16,17)(H,12,13,14,15). The van der Waals surface area contributed by atoms with Gasteiger partial charge in [0, 0.05) is 0 Å². The molecule has 1 atom stereocenters. The Kier molecular flexibility index (Phi) is 2.27. The fourth-order valence-corrected chi connectivity index (χ4v) is 2.42. The van der Waals surface area contributed by atoms with Crippen molar-refractivity contribution in [3.8, 4) is 11.6 Å². The SMILES string of the molecule is NP(=O)(O)c1cccc2[nH]c(-c3nn[nH]n3)nc12. The first-order chi connectivity index (χ1) is 8.55. The van der Waals surface area contributed by atoms with Gasteiger partial charge in [-0.15, -0.1) is 10.2 Å². The number of nitrogens with one attached hydrogen (secondary N) is 2. The Hall–Kier alpha value is -2.09. The highest BCUT2D eigenvalue weighted by molar-refractivity contribution is 7.64. The van der Waals surface area contributed by atoms with Crippen molar-refractivity contribution in [3.63, 3.8) is 0 Å². The second-order valence-electron chi connectivity index (χ2n) is 3.62. The smallest absolute Gasteiger partial charge is 0.296 e. The van der Waals surface area contributed by atoms with Gasteiger partial charge in [0.25, 0.3) is 7.52 Å². The minimum Gasteiger partial charge on any atom is -0.335 e. The Morgan fingerprint density at radius 1 is 1.39 bits per heavy atom. The summed E-state index contributed by atoms with van der Waals surface area (Å²) in [4.78, 5) is 16.6. The molecule has 92 valence electrons. The molecular formula is C8H8N7O2P. The monoisotopic (exact) mass is 265 g/mol. The van der Waals surface area contributed by atoms with Gasteiger partial charge < -0.3 is 9.88 Å². The Labute approximate surface area is 99.9 Å². The summed E-state index contributed by atoms with van der Waals surface area (Å²) in [5.74, 6) is 0.613. The molecule has 1 aromatic carbocycles. The van der Waals surface area contributed by atoms with E-state index < -0.39 is 7.52 Å². The number of fused-ring (bicyclic) bond motifs is 1. The molecule has 1 unspecified atom stereocenters. The van der Waals surface area contributed by atoms with Crippen molar-refractivity contribution in [2.75, 3.05) is 0 Å². The molecular weight excluding hydrogens is 257 g/mol. The summed E-state index contributed by atoms with van der Waals surface area (Å²) in [5.41, 5.74) is 6.16. The van der Waals surface area contributed by atoms with Gasteiger partial charge in [0.1, 0.15) is 5.52 Å². The van der Waals surface area contributed by atoms with Crippen molar-refractivity contribution in [1.29, 1.82) is 0 Å². The molecule has 10 heteroatoms. The van der Waals surface area contributed by atoms with Gasteiger partial charge in [-0.3, -0.25) is 10.1 Å². The van der Waals surface area contributed by atoms with Crippen molar-refractivity contribution >= 4 is 23.9 Å². The molecule has 0 aliphatic carbocycles. The minimum atomic E-state index is -3.87. The van der Waals surface area contributed by atoms with Crippen LogP contribution in [0.3, 0.4) is 0 Å². The number of hydrogen-bond donors (Lipinski definition) is 4. The second-order valence-corrected chi connectivity index (χ2v) is 5.34. The number of aromatic amines is 2. The fourth-order valence-electron chi connectivity index (χ4n) is 1.64. The maximum absolute atomic E-state index is 11.6. The van der Waals surface area contributed by atoms with Gasteiger partial charge in [-0.25, -0.2) is 4.98 Å². The zero-order valence-corrected chi connectivity index (χ0v) is 9.80. The predicted molar refractivity (Wildman–Crippen MR) is 62.9 cm³/mol. The van der Waals surface area contributed by atoms with Crippen LogP contribution in [0.4, 0.5) is 0 Å². The van der Waals surface area contributed by atoms with E-state index in [1.165, 1.54) is 6.07 Å². The summed E-state index contributed by atoms with van der Waals surface area (Å²) in [6, 6.07) is 4.79. The third-order valence-corrected chi connectivity index (χ3v) is 3.44. The summed E-state index contributed by atoms with van der Waals surface area (Å²) < 4.78 is 11.6. The predicted octanol–water partition coefficient (Wildman–Crippen LogP) is -0.488. The lowest BCUT2D eigenvalue weighted by Crippen LogP contribution is -2.11. The average molecular weight is 265 g/mol. The molecule has 0 saturated heterocycles. The summed E-state index contributed by atoms with van der Waals surface area (Å²) >= 11 is 0. The molecule has 9 nitrogen and oxygen atoms in total. The van der Waals surface area contributed by atoms with E-state index in [4.69, 9.17) is 5.50 Å². The summed E-state index contributed by atoms with van der Waals surface area (Å²) in [5, 5.41) is 13.3. The molecule has 0 aliphatic rings. The fraction of sp³-hybridized carbons (Fsp3) is 0. The highest BCUT2D eigenvalue weighted by Gasteiger charge is 2.21. The number of rotatable bonds is 2. The Morgan fingerprint density at radius 2 is 2.22 bits per heavy atom. The molecule has 0 spiro atoms. The van der Waals surface area contributed by atoms with Gasteiger partial charge in [0.15, 0.2) is 5.82 Å². The number of hydrogen-bond acceptors (Lipinski definition) is 5. The van der Waals surface area contributed by atoms with Gasteiger partial charge >= 0.3 is 0 Å². The number of para-hydroxylation sites is 1. The molecule has 3 aromatic rings. The number of H-pyrrole nitrogens is 2. The number of tetrazole rings is 1. The average Bonchev–Trinajstić information content (AvgIpc) is 2.95. The summed E-state index contributed by atoms with van der Waals surface area (Å²) in [6.07, 6.45) is 0. The van der Waals surface area contributed by atoms with Gasteiger partial charge in [-0.1, -0.05) is 6.07 Å². The van der Waals surface area contributed by atoms with Crippen LogP contribution in [-0.4, -0.2) is 35.5 Å². The van der Waals surface area contributed by atoms with Crippen molar-refractivity contribution in [2.24, 2.45) is 5.50 Å². The highest BCUT2D eigenvalue weighted by Crippen LogP contribution is 2.32. The molecule has 2 heterocycles. The first-order valence-electron chi connectivity index (χ1n) is 4.90. The molecule has 0 aliphatic heterocycles. The lowest BCUT2D eigenvalue weighted by molar-refractivity contribution is 0.491. The maximum Gasteiger partial charge on any atom is 0.296 e. The van der Waals surface area contributed by atoms with E-state index in [9.17, 15) is 9.46 Å². The van der Waals surface area contributed by atoms with E-state index in [-0.39, 0.29) is 11.1 Å². The molecule has 3 rings (SSSR count). The largest absolute Gasteiger partial charge is 0.335 e. The molecule has 0 fully saturated rings. The number of imidazole rings is 1. The van der Waals surface area contributed by atoms with Crippen molar-refractivity contribution in [1.82, 2.24) is 30.6 Å². The van der Waals surface area contributed by atoms with E-state index in [0.717, 1.165) is 0 Å². The highest BCUT2D eigenvalue weighted by atomic mass is 31.2. The number of nitrogens with two attached hydrogens (primary N) is 1. The zero-order valence-electron chi connectivity index (χ0n) is 8.90. The van der Waals surface area contributed by atoms with Gasteiger partial charge in [-0.2, -0.15) is 5.21 Å². The van der Waals surface area contributed by atoms with Crippen molar-refractivity contribution in [2.45, 2.75) is 0 Å². The quantitative estimate of drug-likeness (QED) is 0.457. The number of nitrogens with zero attached hydrogens (tertiary/aromatic N) is 4. The van der Waals surface area contributed by atoms with Crippen molar-refractivity contribution < 1.29 is 9.46 Å². The second kappa shape index (κ2) is 3.70. The van der Waals surface area contributed by atoms with Crippen LogP contribution in [0.15, 0.2) is 18.2 Å². The molecule has 0 bridgehead atoms. The Bertz CT molecular complexity index is 744. The van der Waals surface area contributed by atoms with E-state index in [1.54, 1.807) is 12.1 Å². The minimum absolute atomic E-state index is 0.0889. The number of benzene rings is 1. The molecule has 18 heavy (non-hydrogen) atoms. The Morgan fingerprint density at radius 3 is 2.89 bits per heavy atom.